The Morgan fingerprint density at radius 2 is 2.16 bits per heavy atom. The number of amides is 1. The van der Waals surface area contributed by atoms with E-state index in [1.165, 1.54) is 48.0 Å². The second kappa shape index (κ2) is 9.66. The Labute approximate surface area is 185 Å². The lowest BCUT2D eigenvalue weighted by molar-refractivity contribution is -0.137. The van der Waals surface area contributed by atoms with Crippen LogP contribution in [0.25, 0.3) is 0 Å². The lowest BCUT2D eigenvalue weighted by atomic mass is 10.0. The van der Waals surface area contributed by atoms with Gasteiger partial charge in [-0.2, -0.15) is 18.3 Å². The molecule has 0 fully saturated rings. The van der Waals surface area contributed by atoms with Gasteiger partial charge in [-0.05, 0) is 30.4 Å². The maximum Gasteiger partial charge on any atom is 0.417 e. The van der Waals surface area contributed by atoms with E-state index in [0.29, 0.717) is 5.13 Å². The van der Waals surface area contributed by atoms with Gasteiger partial charge in [-0.1, -0.05) is 6.58 Å². The quantitative estimate of drug-likeness (QED) is 0.370. The van der Waals surface area contributed by atoms with Gasteiger partial charge < -0.3 is 16.2 Å². The highest BCUT2D eigenvalue weighted by Crippen LogP contribution is 2.34. The summed E-state index contributed by atoms with van der Waals surface area (Å²) in [4.78, 5) is 16.5. The molecule has 0 bridgehead atoms. The first-order valence-corrected chi connectivity index (χ1v) is 10.1. The number of amidine groups is 1. The SMILES string of the molecule is C=C1C(C(=O)Nc2nccs2)=CC=CN1/N=C(\N)c1ccc(NCCO)cc1C(F)(F)F. The summed E-state index contributed by atoms with van der Waals surface area (Å²) in [7, 11) is 0. The molecule has 32 heavy (non-hydrogen) atoms. The molecule has 8 nitrogen and oxygen atoms in total. The number of hydrazone groups is 1. The Balaban J connectivity index is 1.85. The van der Waals surface area contributed by atoms with Crippen LogP contribution in [0.5, 0.6) is 0 Å². The summed E-state index contributed by atoms with van der Waals surface area (Å²) < 4.78 is 40.8. The van der Waals surface area contributed by atoms with E-state index in [9.17, 15) is 18.0 Å². The maximum absolute atomic E-state index is 13.6. The number of halogens is 3. The first kappa shape index (κ1) is 23.0. The first-order chi connectivity index (χ1) is 15.2. The number of hydrogen-bond donors (Lipinski definition) is 4. The molecule has 0 radical (unpaired) electrons. The number of nitrogens with zero attached hydrogens (tertiary/aromatic N) is 3. The van der Waals surface area contributed by atoms with Crippen molar-refractivity contribution in [2.75, 3.05) is 23.8 Å². The van der Waals surface area contributed by atoms with Crippen LogP contribution in [0.3, 0.4) is 0 Å². The van der Waals surface area contributed by atoms with Gasteiger partial charge in [0.2, 0.25) is 0 Å². The average Bonchev–Trinajstić information content (AvgIpc) is 3.25. The van der Waals surface area contributed by atoms with Crippen LogP contribution < -0.4 is 16.4 Å². The zero-order valence-electron chi connectivity index (χ0n) is 16.6. The number of benzene rings is 1. The number of aliphatic hydroxyl groups excluding tert-OH is 1. The summed E-state index contributed by atoms with van der Waals surface area (Å²) in [6.45, 7) is 3.66. The van der Waals surface area contributed by atoms with E-state index in [1.54, 1.807) is 5.38 Å². The van der Waals surface area contributed by atoms with E-state index in [-0.39, 0.29) is 35.7 Å². The Bertz CT molecular complexity index is 1090. The smallest absolute Gasteiger partial charge is 0.395 e. The van der Waals surface area contributed by atoms with Gasteiger partial charge >= 0.3 is 6.18 Å². The van der Waals surface area contributed by atoms with E-state index in [2.05, 4.69) is 27.3 Å². The average molecular weight is 464 g/mol. The highest BCUT2D eigenvalue weighted by Gasteiger charge is 2.35. The summed E-state index contributed by atoms with van der Waals surface area (Å²) in [6, 6.07) is 3.47. The molecular weight excluding hydrogens is 445 g/mol. The van der Waals surface area contributed by atoms with Gasteiger partial charge in [0, 0.05) is 35.6 Å². The molecule has 0 spiro atoms. The van der Waals surface area contributed by atoms with Crippen LogP contribution in [0, 0.1) is 0 Å². The lowest BCUT2D eigenvalue weighted by Crippen LogP contribution is -2.27. The third kappa shape index (κ3) is 5.34. The number of aromatic nitrogens is 1. The minimum Gasteiger partial charge on any atom is -0.395 e. The molecule has 1 aromatic carbocycles. The van der Waals surface area contributed by atoms with Gasteiger partial charge in [-0.15, -0.1) is 11.3 Å². The molecule has 168 valence electrons. The second-order valence-corrected chi connectivity index (χ2v) is 7.29. The van der Waals surface area contributed by atoms with E-state index in [0.717, 1.165) is 11.1 Å². The number of anilines is 2. The normalized spacial score (nSPS) is 14.4. The molecule has 1 aliphatic heterocycles. The topological polar surface area (TPSA) is 116 Å². The van der Waals surface area contributed by atoms with Crippen LogP contribution in [-0.4, -0.2) is 40.0 Å². The highest BCUT2D eigenvalue weighted by atomic mass is 32.1. The predicted octanol–water partition coefficient (Wildman–Crippen LogP) is 3.09. The van der Waals surface area contributed by atoms with Crippen molar-refractivity contribution in [1.82, 2.24) is 9.99 Å². The zero-order valence-corrected chi connectivity index (χ0v) is 17.4. The fourth-order valence-electron chi connectivity index (χ4n) is 2.76. The number of rotatable bonds is 7. The summed E-state index contributed by atoms with van der Waals surface area (Å²) in [5.41, 5.74) is 5.03. The van der Waals surface area contributed by atoms with Crippen LogP contribution in [0.15, 0.2) is 71.1 Å². The van der Waals surface area contributed by atoms with Gasteiger partial charge in [-0.25, -0.2) is 9.99 Å². The number of hydrogen-bond acceptors (Lipinski definition) is 7. The second-order valence-electron chi connectivity index (χ2n) is 6.40. The number of thiazole rings is 1. The Kier molecular flexibility index (Phi) is 6.95. The molecule has 2 heterocycles. The first-order valence-electron chi connectivity index (χ1n) is 9.19. The number of carbonyl (C=O) groups excluding carboxylic acids is 1. The molecule has 0 unspecified atom stereocenters. The van der Waals surface area contributed by atoms with Crippen molar-refractivity contribution < 1.29 is 23.1 Å². The zero-order chi connectivity index (χ0) is 23.3. The summed E-state index contributed by atoms with van der Waals surface area (Å²) in [6.07, 6.45) is 1.25. The van der Waals surface area contributed by atoms with Crippen molar-refractivity contribution in [3.05, 3.63) is 77.1 Å². The summed E-state index contributed by atoms with van der Waals surface area (Å²) >= 11 is 1.23. The van der Waals surface area contributed by atoms with Crippen LogP contribution in [-0.2, 0) is 11.0 Å². The summed E-state index contributed by atoms with van der Waals surface area (Å²) in [5, 5.41) is 21.4. The number of alkyl halides is 3. The van der Waals surface area contributed by atoms with Crippen molar-refractivity contribution >= 4 is 33.9 Å². The van der Waals surface area contributed by atoms with Gasteiger partial charge in [0.15, 0.2) is 11.0 Å². The maximum atomic E-state index is 13.6. The molecular formula is C20H19F3N6O2S. The third-order valence-electron chi connectivity index (χ3n) is 4.23. The molecule has 0 saturated carbocycles. The minimum atomic E-state index is -4.69. The molecule has 2 aromatic rings. The Morgan fingerprint density at radius 1 is 1.38 bits per heavy atom. The number of aliphatic hydroxyl groups is 1. The third-order valence-corrected chi connectivity index (χ3v) is 4.92. The molecule has 1 aliphatic rings. The lowest BCUT2D eigenvalue weighted by Gasteiger charge is -2.23. The van der Waals surface area contributed by atoms with Crippen molar-refractivity contribution in [2.45, 2.75) is 6.18 Å². The van der Waals surface area contributed by atoms with Crippen LogP contribution in [0.4, 0.5) is 24.0 Å². The number of nitrogens with one attached hydrogen (secondary N) is 2. The molecule has 5 N–H and O–H groups in total. The number of carbonyl (C=O) groups is 1. The van der Waals surface area contributed by atoms with E-state index < -0.39 is 23.5 Å². The van der Waals surface area contributed by atoms with Gasteiger partial charge in [0.1, 0.15) is 0 Å². The number of nitrogens with two attached hydrogens (primary N) is 1. The standard InChI is InChI=1S/C20H19F3N6O2S/c1-12-14(18(31)27-19-26-7-10-32-19)3-2-8-29(12)28-17(24)15-5-4-13(25-6-9-30)11-16(15)20(21,22)23/h2-5,7-8,10-11,25,30H,1,6,9H2,(H2,24,28)(H,26,27,31). The van der Waals surface area contributed by atoms with Crippen LogP contribution >= 0.6 is 11.3 Å². The van der Waals surface area contributed by atoms with E-state index >= 15 is 0 Å². The molecule has 0 saturated heterocycles. The van der Waals surface area contributed by atoms with Crippen molar-refractivity contribution in [3.8, 4) is 0 Å². The van der Waals surface area contributed by atoms with Gasteiger partial charge in [-0.3, -0.25) is 10.1 Å². The van der Waals surface area contributed by atoms with Crippen LogP contribution in [0.2, 0.25) is 0 Å². The number of allylic oxidation sites excluding steroid dienone is 2. The van der Waals surface area contributed by atoms with Crippen LogP contribution in [0.1, 0.15) is 11.1 Å². The van der Waals surface area contributed by atoms with Crippen molar-refractivity contribution in [3.63, 3.8) is 0 Å². The van der Waals surface area contributed by atoms with Gasteiger partial charge in [0.25, 0.3) is 5.91 Å². The van der Waals surface area contributed by atoms with Gasteiger partial charge in [0.05, 0.1) is 23.4 Å². The fourth-order valence-corrected chi connectivity index (χ4v) is 3.29. The predicted molar refractivity (Wildman–Crippen MR) is 117 cm³/mol. The Morgan fingerprint density at radius 3 is 2.81 bits per heavy atom. The highest BCUT2D eigenvalue weighted by molar-refractivity contribution is 7.13. The molecule has 1 amide bonds. The monoisotopic (exact) mass is 464 g/mol. The molecule has 1 aromatic heterocycles. The largest absolute Gasteiger partial charge is 0.417 e. The van der Waals surface area contributed by atoms with Crippen molar-refractivity contribution in [2.24, 2.45) is 10.8 Å². The Hall–Kier alpha value is -3.64. The van der Waals surface area contributed by atoms with E-state index in [4.69, 9.17) is 10.8 Å². The fraction of sp³-hybridized carbons (Fsp3) is 0.150. The van der Waals surface area contributed by atoms with E-state index in [1.807, 2.05) is 0 Å². The minimum absolute atomic E-state index is 0.0940. The van der Waals surface area contributed by atoms with Crippen molar-refractivity contribution in [1.29, 1.82) is 0 Å². The summed E-state index contributed by atoms with van der Waals surface area (Å²) in [5.74, 6) is -0.915. The molecule has 0 atom stereocenters. The molecule has 0 aliphatic carbocycles. The molecule has 12 heteroatoms. The molecule has 3 rings (SSSR count).